The molecule has 0 aliphatic heterocycles. The van der Waals surface area contributed by atoms with E-state index >= 15 is 0 Å². The van der Waals surface area contributed by atoms with Crippen molar-refractivity contribution in [1.82, 2.24) is 5.32 Å². The topological polar surface area (TPSA) is 55.1 Å². The van der Waals surface area contributed by atoms with E-state index in [-0.39, 0.29) is 29.8 Å². The lowest BCUT2D eigenvalue weighted by molar-refractivity contribution is -0.125. The molecule has 0 spiro atoms. The summed E-state index contributed by atoms with van der Waals surface area (Å²) in [4.78, 5) is 12.1. The Morgan fingerprint density at radius 3 is 2.16 bits per heavy atom. The van der Waals surface area contributed by atoms with Crippen molar-refractivity contribution in [3.63, 3.8) is 0 Å². The van der Waals surface area contributed by atoms with Crippen molar-refractivity contribution < 1.29 is 4.79 Å². The maximum Gasteiger partial charge on any atom is 0.237 e. The summed E-state index contributed by atoms with van der Waals surface area (Å²) in [6.45, 7) is 5.96. The Balaban J connectivity index is 0.00000180. The number of hydrogen-bond acceptors (Lipinski definition) is 2. The molecule has 0 heterocycles. The Hall–Kier alpha value is -1.06. The summed E-state index contributed by atoms with van der Waals surface area (Å²) in [6.07, 6.45) is 1.83. The van der Waals surface area contributed by atoms with Crippen molar-refractivity contribution >= 4 is 18.3 Å². The van der Waals surface area contributed by atoms with Gasteiger partial charge in [0.2, 0.25) is 5.91 Å². The molecular formula is C15H23ClN2O. The highest BCUT2D eigenvalue weighted by atomic mass is 35.5. The average molecular weight is 283 g/mol. The third kappa shape index (κ3) is 3.71. The quantitative estimate of drug-likeness (QED) is 0.872. The predicted octanol–water partition coefficient (Wildman–Crippen LogP) is 2.07. The number of halogens is 1. The standard InChI is InChI=1S/C15H22N2O.ClH/c1-15(2,3)13(16)14(18)17-12-8-10-6-4-5-7-11(10)9-12;/h4-7,12-13H,8-9,16H2,1-3H3,(H,17,18);1H/t13-;/m1./s1. The van der Waals surface area contributed by atoms with Crippen molar-refractivity contribution in [3.05, 3.63) is 35.4 Å². The zero-order chi connectivity index (χ0) is 13.3. The zero-order valence-corrected chi connectivity index (χ0v) is 12.6. The third-order valence-electron chi connectivity index (χ3n) is 3.61. The maximum atomic E-state index is 12.1. The van der Waals surface area contributed by atoms with Crippen molar-refractivity contribution in [1.29, 1.82) is 0 Å². The SMILES string of the molecule is CC(C)(C)[C@H](N)C(=O)NC1Cc2ccccc2C1.Cl. The number of nitrogens with two attached hydrogens (primary N) is 1. The van der Waals surface area contributed by atoms with E-state index in [4.69, 9.17) is 5.73 Å². The molecule has 0 radical (unpaired) electrons. The van der Waals surface area contributed by atoms with E-state index in [0.717, 1.165) is 12.8 Å². The highest BCUT2D eigenvalue weighted by Gasteiger charge is 2.30. The van der Waals surface area contributed by atoms with E-state index < -0.39 is 6.04 Å². The van der Waals surface area contributed by atoms with Gasteiger partial charge in [0.15, 0.2) is 0 Å². The molecule has 0 saturated heterocycles. The lowest BCUT2D eigenvalue weighted by atomic mass is 9.87. The molecular weight excluding hydrogens is 260 g/mol. The van der Waals surface area contributed by atoms with Crippen LogP contribution in [-0.4, -0.2) is 18.0 Å². The van der Waals surface area contributed by atoms with Crippen LogP contribution in [0.2, 0.25) is 0 Å². The Kier molecular flexibility index (Phi) is 4.99. The number of carbonyl (C=O) groups excluding carboxylic acids is 1. The number of amides is 1. The molecule has 0 saturated carbocycles. The van der Waals surface area contributed by atoms with Gasteiger partial charge in [-0.15, -0.1) is 12.4 Å². The second-order valence-corrected chi connectivity index (χ2v) is 6.23. The molecule has 0 bridgehead atoms. The molecule has 0 aromatic heterocycles. The van der Waals surface area contributed by atoms with Crippen LogP contribution in [0.1, 0.15) is 31.9 Å². The van der Waals surface area contributed by atoms with Gasteiger partial charge < -0.3 is 11.1 Å². The lowest BCUT2D eigenvalue weighted by Gasteiger charge is -2.27. The summed E-state index contributed by atoms with van der Waals surface area (Å²) in [7, 11) is 0. The predicted molar refractivity (Wildman–Crippen MR) is 80.5 cm³/mol. The van der Waals surface area contributed by atoms with Crippen molar-refractivity contribution in [2.24, 2.45) is 11.1 Å². The Labute approximate surface area is 121 Å². The van der Waals surface area contributed by atoms with Gasteiger partial charge in [0, 0.05) is 6.04 Å². The van der Waals surface area contributed by atoms with Gasteiger partial charge in [-0.3, -0.25) is 4.79 Å². The van der Waals surface area contributed by atoms with Crippen molar-refractivity contribution in [2.45, 2.75) is 45.7 Å². The van der Waals surface area contributed by atoms with Crippen LogP contribution in [0, 0.1) is 5.41 Å². The summed E-state index contributed by atoms with van der Waals surface area (Å²) in [6, 6.07) is 8.09. The molecule has 1 aromatic carbocycles. The van der Waals surface area contributed by atoms with Gasteiger partial charge in [-0.2, -0.15) is 0 Å². The molecule has 19 heavy (non-hydrogen) atoms. The largest absolute Gasteiger partial charge is 0.351 e. The smallest absolute Gasteiger partial charge is 0.237 e. The molecule has 1 amide bonds. The number of rotatable bonds is 2. The molecule has 1 aromatic rings. The Morgan fingerprint density at radius 2 is 1.74 bits per heavy atom. The number of nitrogens with one attached hydrogen (secondary N) is 1. The minimum absolute atomic E-state index is 0. The molecule has 1 aliphatic carbocycles. The fraction of sp³-hybridized carbons (Fsp3) is 0.533. The second-order valence-electron chi connectivity index (χ2n) is 6.23. The zero-order valence-electron chi connectivity index (χ0n) is 11.8. The van der Waals surface area contributed by atoms with E-state index in [2.05, 4.69) is 17.4 Å². The van der Waals surface area contributed by atoms with Crippen LogP contribution in [0.25, 0.3) is 0 Å². The molecule has 0 fully saturated rings. The summed E-state index contributed by atoms with van der Waals surface area (Å²) in [5, 5.41) is 3.07. The second kappa shape index (κ2) is 5.93. The first kappa shape index (κ1) is 16.0. The van der Waals surface area contributed by atoms with E-state index in [1.165, 1.54) is 11.1 Å². The monoisotopic (exact) mass is 282 g/mol. The molecule has 0 unspecified atom stereocenters. The average Bonchev–Trinajstić information content (AvgIpc) is 2.68. The molecule has 106 valence electrons. The molecule has 1 atom stereocenters. The van der Waals surface area contributed by atoms with E-state index in [9.17, 15) is 4.79 Å². The van der Waals surface area contributed by atoms with E-state index in [1.54, 1.807) is 0 Å². The fourth-order valence-electron chi connectivity index (χ4n) is 2.35. The van der Waals surface area contributed by atoms with E-state index in [0.29, 0.717) is 0 Å². The van der Waals surface area contributed by atoms with Gasteiger partial charge in [-0.1, -0.05) is 45.0 Å². The van der Waals surface area contributed by atoms with Crippen LogP contribution in [0.5, 0.6) is 0 Å². The summed E-state index contributed by atoms with van der Waals surface area (Å²) < 4.78 is 0. The summed E-state index contributed by atoms with van der Waals surface area (Å²) in [5.74, 6) is -0.0414. The number of fused-ring (bicyclic) bond motifs is 1. The molecule has 2 rings (SSSR count). The third-order valence-corrected chi connectivity index (χ3v) is 3.61. The first-order valence-corrected chi connectivity index (χ1v) is 6.50. The normalized spacial score (nSPS) is 16.4. The number of hydrogen-bond donors (Lipinski definition) is 2. The van der Waals surface area contributed by atoms with Gasteiger partial charge in [-0.25, -0.2) is 0 Å². The molecule has 4 heteroatoms. The van der Waals surface area contributed by atoms with Crippen LogP contribution >= 0.6 is 12.4 Å². The first-order chi connectivity index (χ1) is 8.38. The number of benzene rings is 1. The summed E-state index contributed by atoms with van der Waals surface area (Å²) in [5.41, 5.74) is 8.45. The van der Waals surface area contributed by atoms with Crippen LogP contribution in [0.4, 0.5) is 0 Å². The Morgan fingerprint density at radius 1 is 1.26 bits per heavy atom. The van der Waals surface area contributed by atoms with E-state index in [1.807, 2.05) is 32.9 Å². The minimum Gasteiger partial charge on any atom is -0.351 e. The van der Waals surface area contributed by atoms with Crippen molar-refractivity contribution in [2.75, 3.05) is 0 Å². The van der Waals surface area contributed by atoms with Crippen LogP contribution in [0.3, 0.4) is 0 Å². The minimum atomic E-state index is -0.457. The van der Waals surface area contributed by atoms with Gasteiger partial charge in [-0.05, 0) is 29.4 Å². The molecule has 1 aliphatic rings. The fourth-order valence-corrected chi connectivity index (χ4v) is 2.35. The first-order valence-electron chi connectivity index (χ1n) is 6.50. The van der Waals surface area contributed by atoms with Crippen LogP contribution < -0.4 is 11.1 Å². The van der Waals surface area contributed by atoms with Gasteiger partial charge in [0.1, 0.15) is 0 Å². The van der Waals surface area contributed by atoms with Crippen molar-refractivity contribution in [3.8, 4) is 0 Å². The maximum absolute atomic E-state index is 12.1. The summed E-state index contributed by atoms with van der Waals surface area (Å²) >= 11 is 0. The lowest BCUT2D eigenvalue weighted by Crippen LogP contribution is -2.51. The van der Waals surface area contributed by atoms with Crippen LogP contribution in [0.15, 0.2) is 24.3 Å². The van der Waals surface area contributed by atoms with Crippen LogP contribution in [-0.2, 0) is 17.6 Å². The molecule has 3 N–H and O–H groups in total. The highest BCUT2D eigenvalue weighted by molar-refractivity contribution is 5.85. The van der Waals surface area contributed by atoms with Gasteiger partial charge in [0.05, 0.1) is 6.04 Å². The highest BCUT2D eigenvalue weighted by Crippen LogP contribution is 2.23. The molecule has 3 nitrogen and oxygen atoms in total. The Bertz CT molecular complexity index is 429. The van der Waals surface area contributed by atoms with Gasteiger partial charge >= 0.3 is 0 Å². The van der Waals surface area contributed by atoms with Gasteiger partial charge in [0.25, 0.3) is 0 Å². The number of carbonyl (C=O) groups is 1.